The number of aldehydes is 1. The van der Waals surface area contributed by atoms with Gasteiger partial charge in [0.25, 0.3) is 23.6 Å². The molecule has 11 heteroatoms. The Morgan fingerprint density at radius 3 is 1.38 bits per heavy atom. The zero-order chi connectivity index (χ0) is 41.7. The Morgan fingerprint density at radius 2 is 0.983 bits per heavy atom. The normalized spacial score (nSPS) is 12.9. The molecule has 0 unspecified atom stereocenters. The number of rotatable bonds is 12. The third-order valence-corrected chi connectivity index (χ3v) is 9.95. The quantitative estimate of drug-likeness (QED) is 0.0309. The van der Waals surface area contributed by atoms with E-state index in [-0.39, 0.29) is 58.0 Å². The van der Waals surface area contributed by atoms with E-state index in [1.54, 1.807) is 60.7 Å². The maximum Gasteiger partial charge on any atom is 0.343 e. The molecule has 0 saturated heterocycles. The van der Waals surface area contributed by atoms with E-state index in [0.717, 1.165) is 27.2 Å². The molecule has 5 aromatic rings. The molecule has 0 saturated carbocycles. The molecule has 290 valence electrons. The van der Waals surface area contributed by atoms with Crippen molar-refractivity contribution in [3.63, 3.8) is 0 Å². The van der Waals surface area contributed by atoms with Gasteiger partial charge in [0.15, 0.2) is 0 Å². The van der Waals surface area contributed by atoms with Crippen molar-refractivity contribution in [2.45, 2.75) is 26.2 Å². The Kier molecular flexibility index (Phi) is 11.5. The molecule has 5 aromatic carbocycles. The highest BCUT2D eigenvalue weighted by atomic mass is 16.5. The van der Waals surface area contributed by atoms with Crippen LogP contribution in [0.15, 0.2) is 135 Å². The van der Waals surface area contributed by atoms with Crippen LogP contribution < -0.4 is 9.47 Å². The molecule has 0 spiro atoms. The van der Waals surface area contributed by atoms with Crippen LogP contribution in [0.1, 0.15) is 110 Å². The van der Waals surface area contributed by atoms with Gasteiger partial charge in [0.05, 0.1) is 33.4 Å². The second kappa shape index (κ2) is 16.7. The molecule has 4 amide bonds. The summed E-state index contributed by atoms with van der Waals surface area (Å²) in [6.07, 6.45) is 3.67. The highest BCUT2D eigenvalue weighted by molar-refractivity contribution is 6.23. The molecule has 0 radical (unpaired) electrons. The van der Waals surface area contributed by atoms with Gasteiger partial charge in [-0.05, 0) is 84.3 Å². The van der Waals surface area contributed by atoms with E-state index in [1.165, 1.54) is 48.6 Å². The van der Waals surface area contributed by atoms with E-state index < -0.39 is 41.0 Å². The molecule has 11 nitrogen and oxygen atoms in total. The summed E-state index contributed by atoms with van der Waals surface area (Å²) in [4.78, 5) is 91.5. The molecule has 7 rings (SSSR count). The first-order valence-electron chi connectivity index (χ1n) is 18.4. The number of imide groups is 2. The molecule has 0 fully saturated rings. The molecule has 0 N–H and O–H groups in total. The Labute approximate surface area is 334 Å². The fourth-order valence-electron chi connectivity index (χ4n) is 7.00. The Morgan fingerprint density at radius 1 is 0.586 bits per heavy atom. The Hall–Kier alpha value is -7.53. The predicted octanol–water partition coefficient (Wildman–Crippen LogP) is 7.88. The van der Waals surface area contributed by atoms with E-state index in [9.17, 15) is 33.6 Å². The van der Waals surface area contributed by atoms with Gasteiger partial charge < -0.3 is 9.47 Å². The number of ether oxygens (including phenoxy) is 2. The number of amides is 4. The highest BCUT2D eigenvalue weighted by Crippen LogP contribution is 2.41. The fraction of sp³-hybridized carbons (Fsp3) is 0.128. The maximum atomic E-state index is 13.2. The first-order chi connectivity index (χ1) is 28.0. The number of hydrogen-bond donors (Lipinski definition) is 0. The SMILES string of the molecule is C=CCN1C(=O)c2ccc(C(=O)Oc3ccc(C(C)(c4ccc(OC(=O)c5ccc6c(c5)C(=O)N(CC=C)C6=O)cc4)c4ccccc4C=O)cc3)cc2C1=O.CC. The number of esters is 2. The lowest BCUT2D eigenvalue weighted by Crippen LogP contribution is -2.29. The van der Waals surface area contributed by atoms with Crippen LogP contribution >= 0.6 is 0 Å². The summed E-state index contributed by atoms with van der Waals surface area (Å²) in [6, 6.07) is 29.1. The summed E-state index contributed by atoms with van der Waals surface area (Å²) >= 11 is 0. The van der Waals surface area contributed by atoms with Gasteiger partial charge in [0.2, 0.25) is 0 Å². The monoisotopic (exact) mass is 774 g/mol. The zero-order valence-corrected chi connectivity index (χ0v) is 32.0. The zero-order valence-electron chi connectivity index (χ0n) is 32.0. The van der Waals surface area contributed by atoms with Crippen molar-refractivity contribution in [1.82, 2.24) is 9.80 Å². The van der Waals surface area contributed by atoms with Gasteiger partial charge in [-0.15, -0.1) is 13.2 Å². The molecular formula is C47H38N2O9. The maximum absolute atomic E-state index is 13.2. The molecule has 58 heavy (non-hydrogen) atoms. The highest BCUT2D eigenvalue weighted by Gasteiger charge is 2.37. The largest absolute Gasteiger partial charge is 0.423 e. The minimum atomic E-state index is -0.934. The first kappa shape index (κ1) is 40.1. The van der Waals surface area contributed by atoms with E-state index in [4.69, 9.17) is 9.47 Å². The number of benzene rings is 5. The summed E-state index contributed by atoms with van der Waals surface area (Å²) < 4.78 is 11.3. The van der Waals surface area contributed by atoms with Gasteiger partial charge in [-0.1, -0.05) is 74.5 Å². The van der Waals surface area contributed by atoms with E-state index in [1.807, 2.05) is 32.9 Å². The van der Waals surface area contributed by atoms with Crippen LogP contribution in [0.3, 0.4) is 0 Å². The summed E-state index contributed by atoms with van der Waals surface area (Å²) in [6.45, 7) is 13.2. The van der Waals surface area contributed by atoms with Crippen LogP contribution in [0.5, 0.6) is 11.5 Å². The van der Waals surface area contributed by atoms with Crippen molar-refractivity contribution in [2.75, 3.05) is 13.1 Å². The minimum Gasteiger partial charge on any atom is -0.423 e. The average molecular weight is 775 g/mol. The first-order valence-corrected chi connectivity index (χ1v) is 18.4. The molecular weight excluding hydrogens is 737 g/mol. The summed E-state index contributed by atoms with van der Waals surface area (Å²) in [5.41, 5.74) is 2.49. The molecule has 0 aromatic heterocycles. The lowest BCUT2D eigenvalue weighted by atomic mass is 9.69. The van der Waals surface area contributed by atoms with Crippen molar-refractivity contribution in [1.29, 1.82) is 0 Å². The standard InChI is InChI=1S/C45H32N2O9.C2H6/c1-4-22-46-39(49)34-20-10-27(24-36(34)41(46)51)43(53)55-32-16-12-30(13-17-32)45(3,38-9-7-6-8-29(38)26-48)31-14-18-33(19-15-31)56-44(54)28-11-21-35-37(25-28)42(52)47(23-5-2)40(35)50;1-2/h4-21,24-26H,1-2,22-23H2,3H3;1-2H3. The van der Waals surface area contributed by atoms with Crippen LogP contribution in [0.2, 0.25) is 0 Å². The number of fused-ring (bicyclic) bond motifs is 2. The third kappa shape index (κ3) is 7.16. The van der Waals surface area contributed by atoms with Gasteiger partial charge >= 0.3 is 11.9 Å². The summed E-state index contributed by atoms with van der Waals surface area (Å²) in [5.74, 6) is -2.97. The molecule has 0 bridgehead atoms. The van der Waals surface area contributed by atoms with Gasteiger partial charge in [-0.2, -0.15) is 0 Å². The van der Waals surface area contributed by atoms with Crippen molar-refractivity contribution < 1.29 is 43.0 Å². The van der Waals surface area contributed by atoms with Crippen molar-refractivity contribution >= 4 is 41.9 Å². The van der Waals surface area contributed by atoms with Gasteiger partial charge in [-0.25, -0.2) is 9.59 Å². The van der Waals surface area contributed by atoms with Crippen LogP contribution in [-0.2, 0) is 5.41 Å². The number of carbonyl (C=O) groups excluding carboxylic acids is 7. The summed E-state index contributed by atoms with van der Waals surface area (Å²) in [7, 11) is 0. The van der Waals surface area contributed by atoms with Crippen molar-refractivity contribution in [3.05, 3.63) is 190 Å². The fourth-order valence-corrected chi connectivity index (χ4v) is 7.00. The third-order valence-electron chi connectivity index (χ3n) is 9.95. The Bertz CT molecular complexity index is 2370. The lowest BCUT2D eigenvalue weighted by Gasteiger charge is -2.33. The van der Waals surface area contributed by atoms with Crippen LogP contribution in [0.25, 0.3) is 0 Å². The molecule has 2 aliphatic rings. The van der Waals surface area contributed by atoms with E-state index in [0.29, 0.717) is 11.1 Å². The van der Waals surface area contributed by atoms with Gasteiger partial charge in [0.1, 0.15) is 17.8 Å². The summed E-state index contributed by atoms with van der Waals surface area (Å²) in [5, 5.41) is 0. The molecule has 0 atom stereocenters. The van der Waals surface area contributed by atoms with Crippen LogP contribution in [0.4, 0.5) is 0 Å². The van der Waals surface area contributed by atoms with Crippen molar-refractivity contribution in [3.8, 4) is 11.5 Å². The number of hydrogen-bond acceptors (Lipinski definition) is 9. The molecule has 2 aliphatic heterocycles. The number of carbonyl (C=O) groups is 7. The van der Waals surface area contributed by atoms with Gasteiger partial charge in [-0.3, -0.25) is 33.8 Å². The van der Waals surface area contributed by atoms with Crippen LogP contribution in [0, 0.1) is 0 Å². The molecule has 0 aliphatic carbocycles. The van der Waals surface area contributed by atoms with Gasteiger partial charge in [0, 0.05) is 24.1 Å². The van der Waals surface area contributed by atoms with Crippen LogP contribution in [-0.4, -0.2) is 64.7 Å². The van der Waals surface area contributed by atoms with Crippen molar-refractivity contribution in [2.24, 2.45) is 0 Å². The predicted molar refractivity (Wildman–Crippen MR) is 216 cm³/mol. The molecule has 2 heterocycles. The van der Waals surface area contributed by atoms with E-state index >= 15 is 0 Å². The average Bonchev–Trinajstić information content (AvgIpc) is 3.64. The second-order valence-electron chi connectivity index (χ2n) is 13.2. The topological polar surface area (TPSA) is 144 Å². The lowest BCUT2D eigenvalue weighted by molar-refractivity contribution is 0.0656. The second-order valence-corrected chi connectivity index (χ2v) is 13.2. The minimum absolute atomic E-state index is 0.0487. The Balaban J connectivity index is 0.00000279. The van der Waals surface area contributed by atoms with E-state index in [2.05, 4.69) is 13.2 Å². The smallest absolute Gasteiger partial charge is 0.343 e. The number of nitrogens with zero attached hydrogens (tertiary/aromatic N) is 2.